The minimum absolute atomic E-state index is 0.503. The first-order valence-electron chi connectivity index (χ1n) is 4.41. The summed E-state index contributed by atoms with van der Waals surface area (Å²) in [6.45, 7) is 0.740. The van der Waals surface area contributed by atoms with E-state index < -0.39 is 11.6 Å². The largest absolute Gasteiger partial charge is 0.385 e. The molecule has 14 heavy (non-hydrogen) atoms. The first kappa shape index (κ1) is 11.3. The van der Waals surface area contributed by atoms with Gasteiger partial charge in [-0.1, -0.05) is 0 Å². The van der Waals surface area contributed by atoms with Crippen LogP contribution in [-0.4, -0.2) is 18.6 Å². The number of rotatable bonds is 5. The Hall–Kier alpha value is -0.770. The van der Waals surface area contributed by atoms with E-state index in [9.17, 15) is 8.78 Å². The molecule has 1 aromatic carbocycles. The number of nitrogens with one attached hydrogen (secondary N) is 1. The average Bonchev–Trinajstić information content (AvgIpc) is 2.11. The number of hydrogen-bond acceptors (Lipinski definition) is 2. The highest BCUT2D eigenvalue weighted by atomic mass is 32.2. The maximum Gasteiger partial charge on any atom is 0.128 e. The van der Waals surface area contributed by atoms with Gasteiger partial charge in [-0.15, -0.1) is 0 Å². The molecule has 4 heteroatoms. The monoisotopic (exact) mass is 217 g/mol. The molecule has 0 aliphatic rings. The van der Waals surface area contributed by atoms with Crippen molar-refractivity contribution in [3.63, 3.8) is 0 Å². The third-order valence-corrected chi connectivity index (χ3v) is 2.41. The fourth-order valence-corrected chi connectivity index (χ4v) is 1.54. The highest BCUT2D eigenvalue weighted by molar-refractivity contribution is 7.98. The summed E-state index contributed by atoms with van der Waals surface area (Å²) in [5, 5.41) is 2.97. The lowest BCUT2D eigenvalue weighted by Gasteiger charge is -2.05. The van der Waals surface area contributed by atoms with Crippen LogP contribution >= 0.6 is 11.8 Å². The van der Waals surface area contributed by atoms with Crippen LogP contribution in [0.2, 0.25) is 0 Å². The average molecular weight is 217 g/mol. The molecule has 0 bridgehead atoms. The Morgan fingerprint density at radius 3 is 2.43 bits per heavy atom. The molecule has 78 valence electrons. The molecule has 0 amide bonds. The third kappa shape index (κ3) is 3.96. The second-order valence-electron chi connectivity index (χ2n) is 2.93. The maximum absolute atomic E-state index is 12.7. The van der Waals surface area contributed by atoms with Crippen LogP contribution < -0.4 is 5.32 Å². The molecule has 1 N–H and O–H groups in total. The standard InChI is InChI=1S/C10H13F2NS/c1-14-4-2-3-13-10-6-8(11)5-9(12)7-10/h5-7,13H,2-4H2,1H3. The normalized spacial score (nSPS) is 10.2. The summed E-state index contributed by atoms with van der Waals surface area (Å²) in [4.78, 5) is 0. The van der Waals surface area contributed by atoms with Crippen molar-refractivity contribution in [2.45, 2.75) is 6.42 Å². The first-order valence-corrected chi connectivity index (χ1v) is 5.80. The van der Waals surface area contributed by atoms with Crippen LogP contribution in [0.15, 0.2) is 18.2 Å². The second-order valence-corrected chi connectivity index (χ2v) is 3.92. The van der Waals surface area contributed by atoms with Crippen LogP contribution in [-0.2, 0) is 0 Å². The Morgan fingerprint density at radius 1 is 1.21 bits per heavy atom. The van der Waals surface area contributed by atoms with E-state index in [1.54, 1.807) is 11.8 Å². The van der Waals surface area contributed by atoms with E-state index in [-0.39, 0.29) is 0 Å². The molecule has 0 aliphatic heterocycles. The Bertz CT molecular complexity index is 271. The van der Waals surface area contributed by atoms with Crippen LogP contribution in [0.1, 0.15) is 6.42 Å². The van der Waals surface area contributed by atoms with Crippen LogP contribution in [0.5, 0.6) is 0 Å². The van der Waals surface area contributed by atoms with Crippen molar-refractivity contribution in [3.8, 4) is 0 Å². The highest BCUT2D eigenvalue weighted by Gasteiger charge is 1.99. The molecule has 0 spiro atoms. The maximum atomic E-state index is 12.7. The summed E-state index contributed by atoms with van der Waals surface area (Å²) >= 11 is 1.75. The van der Waals surface area contributed by atoms with Crippen molar-refractivity contribution in [2.24, 2.45) is 0 Å². The Labute approximate surface area is 86.9 Å². The molecule has 0 fully saturated rings. The van der Waals surface area contributed by atoms with Gasteiger partial charge in [-0.25, -0.2) is 8.78 Å². The summed E-state index contributed by atoms with van der Waals surface area (Å²) < 4.78 is 25.4. The van der Waals surface area contributed by atoms with E-state index in [1.165, 1.54) is 12.1 Å². The lowest BCUT2D eigenvalue weighted by Crippen LogP contribution is -2.03. The van der Waals surface area contributed by atoms with Crippen LogP contribution in [0.3, 0.4) is 0 Å². The predicted octanol–water partition coefficient (Wildman–Crippen LogP) is 3.13. The van der Waals surface area contributed by atoms with Gasteiger partial charge in [-0.2, -0.15) is 11.8 Å². The lowest BCUT2D eigenvalue weighted by molar-refractivity contribution is 0.584. The van der Waals surface area contributed by atoms with Gasteiger partial charge in [0.1, 0.15) is 11.6 Å². The van der Waals surface area contributed by atoms with Crippen molar-refractivity contribution < 1.29 is 8.78 Å². The molecule has 0 saturated carbocycles. The smallest absolute Gasteiger partial charge is 0.128 e. The number of benzene rings is 1. The summed E-state index contributed by atoms with van der Waals surface area (Å²) in [6.07, 6.45) is 3.02. The molecule has 0 aromatic heterocycles. The molecule has 0 atom stereocenters. The van der Waals surface area contributed by atoms with Crippen LogP contribution in [0, 0.1) is 11.6 Å². The zero-order chi connectivity index (χ0) is 10.4. The Morgan fingerprint density at radius 2 is 1.86 bits per heavy atom. The van der Waals surface area contributed by atoms with Crippen molar-refractivity contribution >= 4 is 17.4 Å². The third-order valence-electron chi connectivity index (χ3n) is 1.72. The summed E-state index contributed by atoms with van der Waals surface area (Å²) in [5.74, 6) is -0.0418. The minimum Gasteiger partial charge on any atom is -0.385 e. The minimum atomic E-state index is -0.544. The van der Waals surface area contributed by atoms with E-state index in [2.05, 4.69) is 5.32 Å². The molecule has 1 nitrogen and oxygen atoms in total. The van der Waals surface area contributed by atoms with Crippen molar-refractivity contribution in [1.29, 1.82) is 0 Å². The number of anilines is 1. The first-order chi connectivity index (χ1) is 6.72. The van der Waals surface area contributed by atoms with Crippen LogP contribution in [0.4, 0.5) is 14.5 Å². The van der Waals surface area contributed by atoms with Gasteiger partial charge in [-0.05, 0) is 30.6 Å². The van der Waals surface area contributed by atoms with Crippen LogP contribution in [0.25, 0.3) is 0 Å². The molecule has 0 saturated heterocycles. The second kappa shape index (κ2) is 5.86. The Balaban J connectivity index is 2.42. The van der Waals surface area contributed by atoms with E-state index in [4.69, 9.17) is 0 Å². The van der Waals surface area contributed by atoms with Crippen molar-refractivity contribution in [3.05, 3.63) is 29.8 Å². The van der Waals surface area contributed by atoms with Gasteiger partial charge in [0.15, 0.2) is 0 Å². The van der Waals surface area contributed by atoms with E-state index in [1.807, 2.05) is 6.26 Å². The zero-order valence-electron chi connectivity index (χ0n) is 8.02. The van der Waals surface area contributed by atoms with Crippen molar-refractivity contribution in [2.75, 3.05) is 23.9 Å². The predicted molar refractivity (Wildman–Crippen MR) is 57.8 cm³/mol. The molecule has 1 aromatic rings. The Kier molecular flexibility index (Phi) is 4.73. The van der Waals surface area contributed by atoms with Gasteiger partial charge < -0.3 is 5.32 Å². The van der Waals surface area contributed by atoms with Crippen molar-refractivity contribution in [1.82, 2.24) is 0 Å². The number of hydrogen-bond donors (Lipinski definition) is 1. The topological polar surface area (TPSA) is 12.0 Å². The summed E-state index contributed by atoms with van der Waals surface area (Å²) in [7, 11) is 0. The molecule has 1 rings (SSSR count). The van der Waals surface area contributed by atoms with E-state index >= 15 is 0 Å². The van der Waals surface area contributed by atoms with Gasteiger partial charge in [0.25, 0.3) is 0 Å². The van der Waals surface area contributed by atoms with Gasteiger partial charge in [0.05, 0.1) is 0 Å². The lowest BCUT2D eigenvalue weighted by atomic mass is 10.3. The molecular formula is C10H13F2NS. The van der Waals surface area contributed by atoms with E-state index in [0.29, 0.717) is 5.69 Å². The molecular weight excluding hydrogens is 204 g/mol. The summed E-state index contributed by atoms with van der Waals surface area (Å²) in [6, 6.07) is 3.46. The van der Waals surface area contributed by atoms with Gasteiger partial charge >= 0.3 is 0 Å². The number of thioether (sulfide) groups is 1. The fourth-order valence-electron chi connectivity index (χ4n) is 1.11. The molecule has 0 radical (unpaired) electrons. The number of halogens is 2. The quantitative estimate of drug-likeness (QED) is 0.760. The highest BCUT2D eigenvalue weighted by Crippen LogP contribution is 2.12. The molecule has 0 aliphatic carbocycles. The molecule has 0 heterocycles. The van der Waals surface area contributed by atoms with Gasteiger partial charge in [-0.3, -0.25) is 0 Å². The SMILES string of the molecule is CSCCCNc1cc(F)cc(F)c1. The van der Waals surface area contributed by atoms with E-state index in [0.717, 1.165) is 24.8 Å². The van der Waals surface area contributed by atoms with Gasteiger partial charge in [0.2, 0.25) is 0 Å². The fraction of sp³-hybridized carbons (Fsp3) is 0.400. The molecule has 0 unspecified atom stereocenters. The zero-order valence-corrected chi connectivity index (χ0v) is 8.83. The van der Waals surface area contributed by atoms with Gasteiger partial charge in [0, 0.05) is 18.3 Å². The summed E-state index contributed by atoms with van der Waals surface area (Å²) in [5.41, 5.74) is 0.503.